The van der Waals surface area contributed by atoms with Gasteiger partial charge in [0.25, 0.3) is 0 Å². The molecule has 0 aliphatic heterocycles. The fraction of sp³-hybridized carbons (Fsp3) is 0.355. The molecule has 0 radical (unpaired) electrons. The van der Waals surface area contributed by atoms with Crippen molar-refractivity contribution < 1.29 is 18.0 Å². The smallest absolute Gasteiger partial charge is 0.243 e. The number of carbonyl (C=O) groups is 2. The van der Waals surface area contributed by atoms with Crippen LogP contribution in [0.4, 0.5) is 5.69 Å². The molecule has 232 valence electrons. The Morgan fingerprint density at radius 1 is 0.884 bits per heavy atom. The number of benzene rings is 3. The van der Waals surface area contributed by atoms with E-state index in [1.54, 1.807) is 24.3 Å². The van der Waals surface area contributed by atoms with Gasteiger partial charge in [-0.1, -0.05) is 96.6 Å². The third-order valence-electron chi connectivity index (χ3n) is 6.67. The Hall–Kier alpha value is -2.49. The van der Waals surface area contributed by atoms with E-state index in [0.29, 0.717) is 27.2 Å². The minimum absolute atomic E-state index is 0.0140. The second-order valence-electron chi connectivity index (χ2n) is 10.6. The van der Waals surface area contributed by atoms with E-state index >= 15 is 0 Å². The van der Waals surface area contributed by atoms with Gasteiger partial charge < -0.3 is 10.2 Å². The number of halogens is 4. The van der Waals surface area contributed by atoms with Crippen molar-refractivity contribution in [1.82, 2.24) is 10.2 Å². The predicted octanol–water partition coefficient (Wildman–Crippen LogP) is 7.26. The van der Waals surface area contributed by atoms with Crippen molar-refractivity contribution in [3.63, 3.8) is 0 Å². The number of nitrogens with one attached hydrogen (secondary N) is 1. The van der Waals surface area contributed by atoms with Crippen LogP contribution in [0.2, 0.25) is 20.1 Å². The third kappa shape index (κ3) is 10.3. The standard InChI is InChI=1S/C31H35Cl4N3O4S/c1-21(2)19-36-31(40)29(17-22-9-5-4-6-10-22)37(20-24-25(33)11-7-12-26(24)34)30(39)13-8-16-38(43(3,41)42)28-18-23(32)14-15-27(28)35/h4-7,9-12,14-15,18,21,29H,8,13,16-17,19-20H2,1-3H3,(H,36,40)/t29-/m1/s1. The first-order valence-corrected chi connectivity index (χ1v) is 17.1. The summed E-state index contributed by atoms with van der Waals surface area (Å²) in [5, 5.41) is 4.23. The van der Waals surface area contributed by atoms with Crippen molar-refractivity contribution in [2.45, 2.75) is 45.7 Å². The number of nitrogens with zero attached hydrogens (tertiary/aromatic N) is 2. The van der Waals surface area contributed by atoms with E-state index in [1.165, 1.54) is 17.0 Å². The number of amides is 2. The molecule has 3 aromatic rings. The first-order chi connectivity index (χ1) is 20.3. The topological polar surface area (TPSA) is 86.8 Å². The van der Waals surface area contributed by atoms with Crippen LogP contribution in [0.5, 0.6) is 0 Å². The Morgan fingerprint density at radius 3 is 2.14 bits per heavy atom. The van der Waals surface area contributed by atoms with Crippen LogP contribution in [0.1, 0.15) is 37.8 Å². The number of sulfonamides is 1. The highest BCUT2D eigenvalue weighted by molar-refractivity contribution is 7.92. The summed E-state index contributed by atoms with van der Waals surface area (Å²) in [6, 6.07) is 18.1. The van der Waals surface area contributed by atoms with Crippen molar-refractivity contribution in [3.05, 3.63) is 97.9 Å². The van der Waals surface area contributed by atoms with Crippen LogP contribution in [0, 0.1) is 5.92 Å². The molecule has 3 aromatic carbocycles. The number of hydrogen-bond donors (Lipinski definition) is 1. The van der Waals surface area contributed by atoms with Gasteiger partial charge in [-0.2, -0.15) is 0 Å². The predicted molar refractivity (Wildman–Crippen MR) is 177 cm³/mol. The van der Waals surface area contributed by atoms with Gasteiger partial charge in [0.1, 0.15) is 6.04 Å². The van der Waals surface area contributed by atoms with Crippen molar-refractivity contribution in [2.24, 2.45) is 5.92 Å². The minimum Gasteiger partial charge on any atom is -0.354 e. The van der Waals surface area contributed by atoms with Gasteiger partial charge in [0.2, 0.25) is 21.8 Å². The third-order valence-corrected chi connectivity index (χ3v) is 9.12. The largest absolute Gasteiger partial charge is 0.354 e. The first kappa shape index (κ1) is 35.0. The molecule has 0 unspecified atom stereocenters. The Morgan fingerprint density at radius 2 is 1.53 bits per heavy atom. The molecular weight excluding hydrogens is 652 g/mol. The zero-order valence-electron chi connectivity index (χ0n) is 24.2. The molecular formula is C31H35Cl4N3O4S. The van der Waals surface area contributed by atoms with E-state index in [9.17, 15) is 18.0 Å². The lowest BCUT2D eigenvalue weighted by molar-refractivity contribution is -0.141. The number of hydrogen-bond acceptors (Lipinski definition) is 4. The molecule has 0 aromatic heterocycles. The van der Waals surface area contributed by atoms with E-state index in [2.05, 4.69) is 5.32 Å². The molecule has 0 spiro atoms. The van der Waals surface area contributed by atoms with Crippen LogP contribution in [-0.4, -0.2) is 50.5 Å². The molecule has 43 heavy (non-hydrogen) atoms. The molecule has 0 fully saturated rings. The van der Waals surface area contributed by atoms with Crippen molar-refractivity contribution in [3.8, 4) is 0 Å². The van der Waals surface area contributed by atoms with Crippen molar-refractivity contribution >= 4 is 73.9 Å². The molecule has 0 heterocycles. The van der Waals surface area contributed by atoms with Gasteiger partial charge in [-0.05, 0) is 48.2 Å². The zero-order valence-corrected chi connectivity index (χ0v) is 28.0. The van der Waals surface area contributed by atoms with Gasteiger partial charge in [0.05, 0.1) is 17.0 Å². The second-order valence-corrected chi connectivity index (χ2v) is 14.2. The molecule has 3 rings (SSSR count). The van der Waals surface area contributed by atoms with Gasteiger partial charge in [0.15, 0.2) is 0 Å². The highest BCUT2D eigenvalue weighted by Crippen LogP contribution is 2.31. The molecule has 0 saturated carbocycles. The zero-order chi connectivity index (χ0) is 31.7. The molecule has 0 aliphatic carbocycles. The van der Waals surface area contributed by atoms with Crippen LogP contribution in [0.25, 0.3) is 0 Å². The normalized spacial score (nSPS) is 12.2. The van der Waals surface area contributed by atoms with Crippen LogP contribution in [0.15, 0.2) is 66.7 Å². The summed E-state index contributed by atoms with van der Waals surface area (Å²) < 4.78 is 26.5. The quantitative estimate of drug-likeness (QED) is 0.193. The number of carbonyl (C=O) groups excluding carboxylic acids is 2. The summed E-state index contributed by atoms with van der Waals surface area (Å²) in [6.07, 6.45) is 1.40. The summed E-state index contributed by atoms with van der Waals surface area (Å²) in [7, 11) is -3.75. The second kappa shape index (κ2) is 16.0. The molecule has 7 nitrogen and oxygen atoms in total. The molecule has 2 amide bonds. The van der Waals surface area contributed by atoms with Gasteiger partial charge >= 0.3 is 0 Å². The fourth-order valence-corrected chi connectivity index (χ4v) is 6.41. The Balaban J connectivity index is 1.94. The summed E-state index contributed by atoms with van der Waals surface area (Å²) in [5.74, 6) is -0.469. The highest BCUT2D eigenvalue weighted by atomic mass is 35.5. The number of anilines is 1. The van der Waals surface area contributed by atoms with Gasteiger partial charge in [-0.25, -0.2) is 8.42 Å². The SMILES string of the molecule is CC(C)CNC(=O)[C@@H](Cc1ccccc1)N(Cc1c(Cl)cccc1Cl)C(=O)CCCN(c1cc(Cl)ccc1Cl)S(C)(=O)=O. The van der Waals surface area contributed by atoms with E-state index < -0.39 is 16.1 Å². The molecule has 1 atom stereocenters. The maximum absolute atomic E-state index is 14.0. The lowest BCUT2D eigenvalue weighted by Crippen LogP contribution is -2.51. The molecule has 0 aliphatic rings. The van der Waals surface area contributed by atoms with Gasteiger partial charge in [-0.3, -0.25) is 13.9 Å². The maximum Gasteiger partial charge on any atom is 0.243 e. The molecule has 12 heteroatoms. The Labute approximate surface area is 274 Å². The van der Waals surface area contributed by atoms with E-state index in [-0.39, 0.29) is 60.8 Å². The first-order valence-electron chi connectivity index (χ1n) is 13.7. The van der Waals surface area contributed by atoms with E-state index in [1.807, 2.05) is 44.2 Å². The molecule has 0 bridgehead atoms. The van der Waals surface area contributed by atoms with Crippen LogP contribution >= 0.6 is 46.4 Å². The molecule has 0 saturated heterocycles. The van der Waals surface area contributed by atoms with Crippen LogP contribution < -0.4 is 9.62 Å². The van der Waals surface area contributed by atoms with E-state index in [0.717, 1.165) is 16.1 Å². The average molecular weight is 688 g/mol. The fourth-order valence-electron chi connectivity index (χ4n) is 4.49. The highest BCUT2D eigenvalue weighted by Gasteiger charge is 2.31. The maximum atomic E-state index is 14.0. The molecule has 1 N–H and O–H groups in total. The summed E-state index contributed by atoms with van der Waals surface area (Å²) in [5.41, 5.74) is 1.60. The van der Waals surface area contributed by atoms with Crippen LogP contribution in [0.3, 0.4) is 0 Å². The lowest BCUT2D eigenvalue weighted by atomic mass is 10.0. The summed E-state index contributed by atoms with van der Waals surface area (Å²) in [4.78, 5) is 29.1. The van der Waals surface area contributed by atoms with Crippen LogP contribution in [-0.2, 0) is 32.6 Å². The summed E-state index contributed by atoms with van der Waals surface area (Å²) >= 11 is 25.4. The number of rotatable bonds is 14. The van der Waals surface area contributed by atoms with Gasteiger partial charge in [-0.15, -0.1) is 0 Å². The van der Waals surface area contributed by atoms with Gasteiger partial charge in [0, 0.05) is 53.1 Å². The van der Waals surface area contributed by atoms with E-state index in [4.69, 9.17) is 46.4 Å². The Kier molecular flexibility index (Phi) is 13.0. The van der Waals surface area contributed by atoms with Crippen molar-refractivity contribution in [2.75, 3.05) is 23.7 Å². The van der Waals surface area contributed by atoms with Crippen molar-refractivity contribution in [1.29, 1.82) is 0 Å². The Bertz CT molecular complexity index is 1500. The summed E-state index contributed by atoms with van der Waals surface area (Å²) in [6.45, 7) is 4.36. The average Bonchev–Trinajstić information content (AvgIpc) is 2.94. The minimum atomic E-state index is -3.75. The monoisotopic (exact) mass is 685 g/mol. The lowest BCUT2D eigenvalue weighted by Gasteiger charge is -2.32.